The van der Waals surface area contributed by atoms with E-state index in [-0.39, 0.29) is 27.9 Å². The molecule has 3 aromatic carbocycles. The molecule has 0 spiro atoms. The number of methoxy groups -OCH3 is 1. The van der Waals surface area contributed by atoms with Gasteiger partial charge in [-0.15, -0.1) is 0 Å². The summed E-state index contributed by atoms with van der Waals surface area (Å²) in [6, 6.07) is 18.6. The molecular formula is C37H38N2O8S. The van der Waals surface area contributed by atoms with Crippen molar-refractivity contribution < 1.29 is 38.4 Å². The SMILES string of the molecule is CCCCOc1ccc(C2C(=C(O)c3ccc(OCc4ccccc4C)cc3)C(=O)C(=O)N2c2nc(C)c(C(=O)OCC)s2)cc1OC. The minimum absolute atomic E-state index is 0.115. The fraction of sp³-hybridized carbons (Fsp3) is 0.297. The molecule has 1 aliphatic heterocycles. The van der Waals surface area contributed by atoms with Crippen LogP contribution in [0.2, 0.25) is 0 Å². The molecule has 1 saturated heterocycles. The van der Waals surface area contributed by atoms with E-state index in [2.05, 4.69) is 11.9 Å². The number of unbranched alkanes of at least 4 members (excludes halogenated alkanes) is 1. The largest absolute Gasteiger partial charge is 0.507 e. The van der Waals surface area contributed by atoms with Crippen LogP contribution in [0.3, 0.4) is 0 Å². The molecule has 5 rings (SSSR count). The Morgan fingerprint density at radius 2 is 1.73 bits per heavy atom. The molecule has 0 saturated carbocycles. The van der Waals surface area contributed by atoms with E-state index in [1.807, 2.05) is 31.2 Å². The summed E-state index contributed by atoms with van der Waals surface area (Å²) in [4.78, 5) is 46.1. The number of ketones is 1. The highest BCUT2D eigenvalue weighted by Gasteiger charge is 2.48. The molecule has 1 N–H and O–H groups in total. The van der Waals surface area contributed by atoms with Crippen molar-refractivity contribution in [3.63, 3.8) is 0 Å². The first-order chi connectivity index (χ1) is 23.2. The van der Waals surface area contributed by atoms with Crippen LogP contribution in [0.25, 0.3) is 5.76 Å². The van der Waals surface area contributed by atoms with Gasteiger partial charge in [0.25, 0.3) is 5.78 Å². The Bertz CT molecular complexity index is 1850. The second-order valence-electron chi connectivity index (χ2n) is 11.2. The first-order valence-corrected chi connectivity index (χ1v) is 16.5. The third-order valence-corrected chi connectivity index (χ3v) is 9.08. The van der Waals surface area contributed by atoms with Crippen LogP contribution in [0.5, 0.6) is 17.2 Å². The zero-order valence-corrected chi connectivity index (χ0v) is 28.4. The van der Waals surface area contributed by atoms with E-state index in [0.29, 0.717) is 47.3 Å². The van der Waals surface area contributed by atoms with Gasteiger partial charge < -0.3 is 24.1 Å². The van der Waals surface area contributed by atoms with Gasteiger partial charge in [0.15, 0.2) is 16.6 Å². The lowest BCUT2D eigenvalue weighted by atomic mass is 9.95. The molecule has 10 nitrogen and oxygen atoms in total. The van der Waals surface area contributed by atoms with Crippen molar-refractivity contribution in [2.24, 2.45) is 0 Å². The summed E-state index contributed by atoms with van der Waals surface area (Å²) in [6.07, 6.45) is 1.81. The average Bonchev–Trinajstić information content (AvgIpc) is 3.60. The number of nitrogens with zero attached hydrogens (tertiary/aromatic N) is 2. The predicted molar refractivity (Wildman–Crippen MR) is 183 cm³/mol. The van der Waals surface area contributed by atoms with Gasteiger partial charge in [-0.3, -0.25) is 14.5 Å². The van der Waals surface area contributed by atoms with Crippen LogP contribution in [0.1, 0.15) is 70.4 Å². The molecule has 0 aliphatic carbocycles. The average molecular weight is 671 g/mol. The van der Waals surface area contributed by atoms with E-state index in [1.165, 1.54) is 12.0 Å². The normalized spacial score (nSPS) is 15.4. The molecule has 0 radical (unpaired) electrons. The highest BCUT2D eigenvalue weighted by molar-refractivity contribution is 7.17. The first-order valence-electron chi connectivity index (χ1n) is 15.7. The van der Waals surface area contributed by atoms with E-state index >= 15 is 0 Å². The quantitative estimate of drug-likeness (QED) is 0.0512. The van der Waals surface area contributed by atoms with E-state index < -0.39 is 23.7 Å². The Kier molecular flexibility index (Phi) is 10.8. The number of anilines is 1. The maximum absolute atomic E-state index is 13.8. The maximum Gasteiger partial charge on any atom is 0.350 e. The van der Waals surface area contributed by atoms with Crippen molar-refractivity contribution in [2.45, 2.75) is 53.2 Å². The van der Waals surface area contributed by atoms with Gasteiger partial charge in [0.1, 0.15) is 23.0 Å². The van der Waals surface area contributed by atoms with Crippen LogP contribution in [-0.4, -0.2) is 48.1 Å². The lowest BCUT2D eigenvalue weighted by molar-refractivity contribution is -0.132. The Balaban J connectivity index is 1.56. The molecule has 0 bridgehead atoms. The number of ether oxygens (including phenoxy) is 4. The number of thiazole rings is 1. The summed E-state index contributed by atoms with van der Waals surface area (Å²) in [5, 5.41) is 11.8. The molecule has 250 valence electrons. The number of carbonyl (C=O) groups excluding carboxylic acids is 3. The number of aliphatic hydroxyl groups is 1. The summed E-state index contributed by atoms with van der Waals surface area (Å²) in [5.41, 5.74) is 3.16. The molecule has 1 aromatic heterocycles. The van der Waals surface area contributed by atoms with E-state index in [9.17, 15) is 19.5 Å². The second-order valence-corrected chi connectivity index (χ2v) is 12.1. The Labute approximate surface area is 283 Å². The van der Waals surface area contributed by atoms with Gasteiger partial charge in [0.05, 0.1) is 37.6 Å². The summed E-state index contributed by atoms with van der Waals surface area (Å²) in [6.45, 7) is 8.42. The Hall–Kier alpha value is -5.16. The Morgan fingerprint density at radius 1 is 0.979 bits per heavy atom. The monoisotopic (exact) mass is 670 g/mol. The van der Waals surface area contributed by atoms with Crippen LogP contribution >= 0.6 is 11.3 Å². The number of rotatable bonds is 13. The molecule has 4 aromatic rings. The first kappa shape index (κ1) is 34.2. The van der Waals surface area contributed by atoms with E-state index in [0.717, 1.165) is 35.3 Å². The number of amides is 1. The van der Waals surface area contributed by atoms with Crippen LogP contribution < -0.4 is 19.1 Å². The van der Waals surface area contributed by atoms with Gasteiger partial charge >= 0.3 is 11.9 Å². The number of benzene rings is 3. The van der Waals surface area contributed by atoms with Crippen molar-refractivity contribution in [3.05, 3.63) is 105 Å². The number of hydrogen-bond acceptors (Lipinski definition) is 10. The molecule has 48 heavy (non-hydrogen) atoms. The van der Waals surface area contributed by atoms with E-state index in [4.69, 9.17) is 18.9 Å². The summed E-state index contributed by atoms with van der Waals surface area (Å²) in [5.74, 6) is -1.27. The van der Waals surface area contributed by atoms with Gasteiger partial charge in [-0.2, -0.15) is 0 Å². The molecule has 11 heteroatoms. The molecule has 1 unspecified atom stereocenters. The van der Waals surface area contributed by atoms with Crippen molar-refractivity contribution in [1.29, 1.82) is 0 Å². The van der Waals surface area contributed by atoms with Crippen LogP contribution in [0, 0.1) is 13.8 Å². The molecule has 1 aliphatic rings. The number of carbonyl (C=O) groups is 3. The lowest BCUT2D eigenvalue weighted by Crippen LogP contribution is -2.29. The van der Waals surface area contributed by atoms with Gasteiger partial charge in [-0.1, -0.05) is 55.0 Å². The minimum atomic E-state index is -1.10. The van der Waals surface area contributed by atoms with Crippen LogP contribution in [0.4, 0.5) is 5.13 Å². The molecular weight excluding hydrogens is 632 g/mol. The molecule has 1 amide bonds. The van der Waals surface area contributed by atoms with Crippen molar-refractivity contribution >= 4 is 39.9 Å². The lowest BCUT2D eigenvalue weighted by Gasteiger charge is -2.24. The minimum Gasteiger partial charge on any atom is -0.507 e. The number of aryl methyl sites for hydroxylation is 2. The fourth-order valence-corrected chi connectivity index (χ4v) is 6.30. The third-order valence-electron chi connectivity index (χ3n) is 7.94. The Morgan fingerprint density at radius 3 is 2.42 bits per heavy atom. The van der Waals surface area contributed by atoms with Gasteiger partial charge in [0.2, 0.25) is 0 Å². The van der Waals surface area contributed by atoms with Crippen LogP contribution in [-0.2, 0) is 20.9 Å². The number of esters is 1. The zero-order chi connectivity index (χ0) is 34.4. The highest BCUT2D eigenvalue weighted by Crippen LogP contribution is 2.45. The van der Waals surface area contributed by atoms with Gasteiger partial charge in [-0.25, -0.2) is 9.78 Å². The third kappa shape index (κ3) is 7.06. The summed E-state index contributed by atoms with van der Waals surface area (Å²) in [7, 11) is 1.50. The zero-order valence-electron chi connectivity index (χ0n) is 27.6. The fourth-order valence-electron chi connectivity index (χ4n) is 5.31. The summed E-state index contributed by atoms with van der Waals surface area (Å²) < 4.78 is 22.7. The number of aliphatic hydroxyl groups excluding tert-OH is 1. The van der Waals surface area contributed by atoms with Crippen molar-refractivity contribution in [3.8, 4) is 17.2 Å². The molecule has 1 atom stereocenters. The van der Waals surface area contributed by atoms with Gasteiger partial charge in [0, 0.05) is 5.56 Å². The highest BCUT2D eigenvalue weighted by atomic mass is 32.1. The number of hydrogen-bond donors (Lipinski definition) is 1. The maximum atomic E-state index is 13.8. The predicted octanol–water partition coefficient (Wildman–Crippen LogP) is 7.33. The van der Waals surface area contributed by atoms with Crippen LogP contribution in [0.15, 0.2) is 72.3 Å². The topological polar surface area (TPSA) is 124 Å². The molecule has 1 fully saturated rings. The number of aromatic nitrogens is 1. The second kappa shape index (κ2) is 15.2. The summed E-state index contributed by atoms with van der Waals surface area (Å²) >= 11 is 0.942. The van der Waals surface area contributed by atoms with Crippen molar-refractivity contribution in [1.82, 2.24) is 4.98 Å². The number of Topliss-reactive ketones (excluding diaryl/α,β-unsaturated/α-hetero) is 1. The standard InChI is InChI=1S/C37H38N2O8S/c1-6-8-19-46-28-18-15-25(20-29(28)44-5)31-30(33(41)35(42)39(31)37-38-23(4)34(48-37)36(43)45-7-2)32(40)24-13-16-27(17-14-24)47-21-26-12-10-9-11-22(26)3/h9-18,20,31,40H,6-8,19,21H2,1-5H3. The van der Waals surface area contributed by atoms with Gasteiger partial charge in [-0.05, 0) is 80.3 Å². The molecule has 2 heterocycles. The smallest absolute Gasteiger partial charge is 0.350 e. The van der Waals surface area contributed by atoms with E-state index in [1.54, 1.807) is 56.3 Å². The van der Waals surface area contributed by atoms with Crippen molar-refractivity contribution in [2.75, 3.05) is 25.2 Å².